The number of sulfonamides is 1. The molecule has 0 saturated carbocycles. The molecule has 0 aliphatic heterocycles. The van der Waals surface area contributed by atoms with Crippen LogP contribution < -0.4 is 10.0 Å². The van der Waals surface area contributed by atoms with Gasteiger partial charge in [-0.2, -0.15) is 0 Å². The molecule has 2 N–H and O–H groups in total. The molecule has 134 valence electrons. The lowest BCUT2D eigenvalue weighted by Gasteiger charge is -2.10. The number of carbonyl (C=O) groups excluding carboxylic acids is 1. The predicted octanol–water partition coefficient (Wildman–Crippen LogP) is 2.86. The third kappa shape index (κ3) is 5.69. The molecule has 2 rings (SSSR count). The Labute approximate surface area is 149 Å². The van der Waals surface area contributed by atoms with Gasteiger partial charge in [-0.05, 0) is 36.6 Å². The zero-order chi connectivity index (χ0) is 18.4. The van der Waals surface area contributed by atoms with Crippen molar-refractivity contribution < 1.29 is 13.2 Å². The average molecular weight is 360 g/mol. The van der Waals surface area contributed by atoms with Crippen LogP contribution in [0.15, 0.2) is 53.4 Å². The third-order valence-electron chi connectivity index (χ3n) is 3.62. The van der Waals surface area contributed by atoms with Gasteiger partial charge in [0.1, 0.15) is 0 Å². The van der Waals surface area contributed by atoms with Gasteiger partial charge in [0, 0.05) is 18.7 Å². The molecule has 6 heteroatoms. The Bertz CT molecular complexity index is 845. The first-order chi connectivity index (χ1) is 11.8. The van der Waals surface area contributed by atoms with Crippen molar-refractivity contribution in [3.63, 3.8) is 0 Å². The Morgan fingerprint density at radius 2 is 1.80 bits per heavy atom. The van der Waals surface area contributed by atoms with Crippen LogP contribution in [0, 0.1) is 12.8 Å². The number of benzene rings is 2. The minimum atomic E-state index is -3.61. The first-order valence-electron chi connectivity index (χ1n) is 8.21. The van der Waals surface area contributed by atoms with Crippen LogP contribution >= 0.6 is 0 Å². The first-order valence-corrected chi connectivity index (χ1v) is 9.70. The number of nitrogens with one attached hydrogen (secondary N) is 2. The molecule has 0 saturated heterocycles. The SMILES string of the molecule is Cc1cccc(CNC(=O)c2cccc(S(=O)(=O)NCC(C)C)c2)c1. The second-order valence-corrected chi connectivity index (χ2v) is 8.21. The summed E-state index contributed by atoms with van der Waals surface area (Å²) in [6.07, 6.45) is 0. The quantitative estimate of drug-likeness (QED) is 0.797. The molecule has 2 aromatic carbocycles. The second kappa shape index (κ2) is 8.27. The Kier molecular flexibility index (Phi) is 6.33. The number of rotatable bonds is 7. The van der Waals surface area contributed by atoms with Crippen LogP contribution in [-0.2, 0) is 16.6 Å². The number of amides is 1. The summed E-state index contributed by atoms with van der Waals surface area (Å²) in [5.74, 6) is -0.0991. The van der Waals surface area contributed by atoms with E-state index in [1.54, 1.807) is 12.1 Å². The van der Waals surface area contributed by atoms with Crippen molar-refractivity contribution in [3.8, 4) is 0 Å². The number of hydrogen-bond donors (Lipinski definition) is 2. The van der Waals surface area contributed by atoms with Gasteiger partial charge in [0.05, 0.1) is 4.90 Å². The fourth-order valence-electron chi connectivity index (χ4n) is 2.27. The smallest absolute Gasteiger partial charge is 0.251 e. The van der Waals surface area contributed by atoms with Crippen molar-refractivity contribution in [2.75, 3.05) is 6.54 Å². The molecule has 1 amide bonds. The van der Waals surface area contributed by atoms with E-state index in [9.17, 15) is 13.2 Å². The first kappa shape index (κ1) is 19.1. The minimum Gasteiger partial charge on any atom is -0.348 e. The largest absolute Gasteiger partial charge is 0.348 e. The maximum absolute atomic E-state index is 12.3. The van der Waals surface area contributed by atoms with Crippen LogP contribution in [0.3, 0.4) is 0 Å². The molecule has 0 spiro atoms. The van der Waals surface area contributed by atoms with Crippen LogP contribution in [0.4, 0.5) is 0 Å². The number of carbonyl (C=O) groups is 1. The van der Waals surface area contributed by atoms with Gasteiger partial charge >= 0.3 is 0 Å². The molecule has 0 aromatic heterocycles. The van der Waals surface area contributed by atoms with Crippen molar-refractivity contribution in [1.29, 1.82) is 0 Å². The topological polar surface area (TPSA) is 75.3 Å². The zero-order valence-electron chi connectivity index (χ0n) is 14.7. The van der Waals surface area contributed by atoms with E-state index in [4.69, 9.17) is 0 Å². The van der Waals surface area contributed by atoms with E-state index < -0.39 is 10.0 Å². The maximum Gasteiger partial charge on any atom is 0.251 e. The lowest BCUT2D eigenvalue weighted by atomic mass is 10.1. The molecule has 0 aliphatic rings. The van der Waals surface area contributed by atoms with Gasteiger partial charge < -0.3 is 5.32 Å². The molecular formula is C19H24N2O3S. The monoisotopic (exact) mass is 360 g/mol. The van der Waals surface area contributed by atoms with Gasteiger partial charge in [0.2, 0.25) is 10.0 Å². The lowest BCUT2D eigenvalue weighted by Crippen LogP contribution is -2.28. The fourth-order valence-corrected chi connectivity index (χ4v) is 3.53. The molecule has 0 fully saturated rings. The summed E-state index contributed by atoms with van der Waals surface area (Å²) >= 11 is 0. The van der Waals surface area contributed by atoms with E-state index >= 15 is 0 Å². The molecule has 0 aliphatic carbocycles. The summed E-state index contributed by atoms with van der Waals surface area (Å²) in [6, 6.07) is 13.9. The van der Waals surface area contributed by atoms with Crippen molar-refractivity contribution in [2.24, 2.45) is 5.92 Å². The van der Waals surface area contributed by atoms with E-state index in [1.165, 1.54) is 12.1 Å². The molecule has 2 aromatic rings. The molecule has 0 bridgehead atoms. The van der Waals surface area contributed by atoms with E-state index in [-0.39, 0.29) is 16.7 Å². The van der Waals surface area contributed by atoms with Crippen molar-refractivity contribution in [1.82, 2.24) is 10.0 Å². The second-order valence-electron chi connectivity index (χ2n) is 6.45. The highest BCUT2D eigenvalue weighted by atomic mass is 32.2. The van der Waals surface area contributed by atoms with E-state index in [1.807, 2.05) is 45.0 Å². The van der Waals surface area contributed by atoms with Crippen LogP contribution in [-0.4, -0.2) is 20.9 Å². The molecule has 0 radical (unpaired) electrons. The lowest BCUT2D eigenvalue weighted by molar-refractivity contribution is 0.0950. The van der Waals surface area contributed by atoms with Crippen molar-refractivity contribution in [3.05, 3.63) is 65.2 Å². The van der Waals surface area contributed by atoms with Gasteiger partial charge in [-0.1, -0.05) is 49.7 Å². The highest BCUT2D eigenvalue weighted by molar-refractivity contribution is 7.89. The Balaban J connectivity index is 2.08. The standard InChI is InChI=1S/C19H24N2O3S/c1-14(2)12-21-25(23,24)18-9-5-8-17(11-18)19(22)20-13-16-7-4-6-15(3)10-16/h4-11,14,21H,12-13H2,1-3H3,(H,20,22). The van der Waals surface area contributed by atoms with Gasteiger partial charge in [0.15, 0.2) is 0 Å². The van der Waals surface area contributed by atoms with Gasteiger partial charge in [-0.25, -0.2) is 13.1 Å². The van der Waals surface area contributed by atoms with Crippen LogP contribution in [0.5, 0.6) is 0 Å². The minimum absolute atomic E-state index is 0.0938. The molecule has 5 nitrogen and oxygen atoms in total. The summed E-state index contributed by atoms with van der Waals surface area (Å²) < 4.78 is 27.1. The molecule has 0 atom stereocenters. The summed E-state index contributed by atoms with van der Waals surface area (Å²) in [7, 11) is -3.61. The Hall–Kier alpha value is -2.18. The molecular weight excluding hydrogens is 336 g/mol. The van der Waals surface area contributed by atoms with E-state index in [2.05, 4.69) is 10.0 Å². The Morgan fingerprint density at radius 1 is 1.08 bits per heavy atom. The van der Waals surface area contributed by atoms with E-state index in [0.29, 0.717) is 18.7 Å². The van der Waals surface area contributed by atoms with Crippen LogP contribution in [0.1, 0.15) is 35.3 Å². The predicted molar refractivity (Wildman–Crippen MR) is 98.8 cm³/mol. The number of hydrogen-bond acceptors (Lipinski definition) is 3. The van der Waals surface area contributed by atoms with Crippen LogP contribution in [0.25, 0.3) is 0 Å². The summed E-state index contributed by atoms with van der Waals surface area (Å²) in [5, 5.41) is 2.82. The summed E-state index contributed by atoms with van der Waals surface area (Å²) in [5.41, 5.74) is 2.44. The molecule has 25 heavy (non-hydrogen) atoms. The average Bonchev–Trinajstić information content (AvgIpc) is 2.58. The van der Waals surface area contributed by atoms with E-state index in [0.717, 1.165) is 11.1 Å². The van der Waals surface area contributed by atoms with Gasteiger partial charge in [-0.15, -0.1) is 0 Å². The Morgan fingerprint density at radius 3 is 2.48 bits per heavy atom. The zero-order valence-corrected chi connectivity index (χ0v) is 15.6. The maximum atomic E-state index is 12.3. The van der Waals surface area contributed by atoms with Gasteiger partial charge in [-0.3, -0.25) is 4.79 Å². The highest BCUT2D eigenvalue weighted by Gasteiger charge is 2.16. The van der Waals surface area contributed by atoms with Crippen LogP contribution in [0.2, 0.25) is 0 Å². The summed E-state index contributed by atoms with van der Waals surface area (Å²) in [4.78, 5) is 12.4. The molecule has 0 unspecified atom stereocenters. The van der Waals surface area contributed by atoms with Crippen molar-refractivity contribution >= 4 is 15.9 Å². The molecule has 0 heterocycles. The van der Waals surface area contributed by atoms with Gasteiger partial charge in [0.25, 0.3) is 5.91 Å². The fraction of sp³-hybridized carbons (Fsp3) is 0.316. The third-order valence-corrected chi connectivity index (χ3v) is 5.04. The summed E-state index contributed by atoms with van der Waals surface area (Å²) in [6.45, 7) is 6.59. The number of aryl methyl sites for hydroxylation is 1. The highest BCUT2D eigenvalue weighted by Crippen LogP contribution is 2.12. The van der Waals surface area contributed by atoms with Crippen molar-refractivity contribution in [2.45, 2.75) is 32.2 Å². The normalized spacial score (nSPS) is 11.5.